The van der Waals surface area contributed by atoms with Gasteiger partial charge in [0.15, 0.2) is 5.11 Å². The molecule has 39 heavy (non-hydrogen) atoms. The third-order valence-electron chi connectivity index (χ3n) is 6.89. The van der Waals surface area contributed by atoms with Gasteiger partial charge in [-0.3, -0.25) is 9.78 Å². The van der Waals surface area contributed by atoms with Gasteiger partial charge in [-0.1, -0.05) is 29.8 Å². The molecule has 10 heteroatoms. The Morgan fingerprint density at radius 1 is 1.15 bits per heavy atom. The van der Waals surface area contributed by atoms with Crippen molar-refractivity contribution in [3.8, 4) is 11.4 Å². The molecular weight excluding hydrogens is 537 g/mol. The van der Waals surface area contributed by atoms with Gasteiger partial charge >= 0.3 is 0 Å². The molecule has 0 bridgehead atoms. The Labute approximate surface area is 236 Å². The van der Waals surface area contributed by atoms with Crippen LogP contribution in [0.1, 0.15) is 41.1 Å². The minimum Gasteiger partial charge on any atom is -0.506 e. The monoisotopic (exact) mass is 563 g/mol. The zero-order valence-electron chi connectivity index (χ0n) is 21.4. The molecule has 7 nitrogen and oxygen atoms in total. The Hall–Kier alpha value is -3.95. The fourth-order valence-corrected chi connectivity index (χ4v) is 5.61. The van der Waals surface area contributed by atoms with Crippen LogP contribution < -0.4 is 10.6 Å². The number of aromatic hydroxyl groups is 1. The third kappa shape index (κ3) is 5.32. The number of hydrogen-bond donors (Lipinski definition) is 3. The van der Waals surface area contributed by atoms with E-state index in [-0.39, 0.29) is 35.8 Å². The fraction of sp³-hybridized carbons (Fsp3) is 0.207. The molecular formula is C29H27ClFN5O2S. The Morgan fingerprint density at radius 3 is 2.67 bits per heavy atom. The zero-order valence-corrected chi connectivity index (χ0v) is 22.9. The summed E-state index contributed by atoms with van der Waals surface area (Å²) in [7, 11) is 0. The average molecular weight is 564 g/mol. The highest BCUT2D eigenvalue weighted by Gasteiger charge is 2.41. The maximum absolute atomic E-state index is 14.1. The highest BCUT2D eigenvalue weighted by Crippen LogP contribution is 2.42. The van der Waals surface area contributed by atoms with Gasteiger partial charge in [0, 0.05) is 35.6 Å². The molecule has 1 aliphatic rings. The molecule has 2 aromatic heterocycles. The lowest BCUT2D eigenvalue weighted by atomic mass is 9.96. The van der Waals surface area contributed by atoms with Crippen molar-refractivity contribution in [3.05, 3.63) is 106 Å². The lowest BCUT2D eigenvalue weighted by molar-refractivity contribution is -0.116. The molecule has 2 aromatic carbocycles. The second kappa shape index (κ2) is 11.0. The van der Waals surface area contributed by atoms with E-state index >= 15 is 0 Å². The summed E-state index contributed by atoms with van der Waals surface area (Å²) in [5.74, 6) is -0.706. The van der Waals surface area contributed by atoms with Crippen LogP contribution >= 0.6 is 23.8 Å². The topological polar surface area (TPSA) is 82.4 Å². The highest BCUT2D eigenvalue weighted by molar-refractivity contribution is 7.80. The van der Waals surface area contributed by atoms with Crippen molar-refractivity contribution >= 4 is 40.5 Å². The molecule has 200 valence electrons. The van der Waals surface area contributed by atoms with E-state index in [1.807, 2.05) is 41.5 Å². The normalized spacial score (nSPS) is 16.8. The number of pyridine rings is 1. The predicted octanol–water partition coefficient (Wildman–Crippen LogP) is 5.99. The minimum absolute atomic E-state index is 0.0927. The third-order valence-corrected chi connectivity index (χ3v) is 7.48. The maximum Gasteiger partial charge on any atom is 0.226 e. The van der Waals surface area contributed by atoms with Gasteiger partial charge in [0.1, 0.15) is 11.6 Å². The molecule has 1 amide bonds. The number of nitrogens with one attached hydrogen (secondary N) is 2. The number of rotatable bonds is 7. The molecule has 0 radical (unpaired) electrons. The van der Waals surface area contributed by atoms with Gasteiger partial charge in [0.2, 0.25) is 5.91 Å². The summed E-state index contributed by atoms with van der Waals surface area (Å²) in [6, 6.07) is 18.2. The van der Waals surface area contributed by atoms with E-state index in [0.717, 1.165) is 22.6 Å². The van der Waals surface area contributed by atoms with Crippen LogP contribution in [0.3, 0.4) is 0 Å². The summed E-state index contributed by atoms with van der Waals surface area (Å²) in [6.45, 7) is 4.23. The summed E-state index contributed by atoms with van der Waals surface area (Å²) in [5, 5.41) is 17.7. The molecule has 3 N–H and O–H groups in total. The van der Waals surface area contributed by atoms with Gasteiger partial charge in [0.05, 0.1) is 29.2 Å². The van der Waals surface area contributed by atoms with Crippen molar-refractivity contribution < 1.29 is 14.3 Å². The molecule has 1 aliphatic heterocycles. The first-order chi connectivity index (χ1) is 18.7. The number of aryl methyl sites for hydroxylation is 1. The summed E-state index contributed by atoms with van der Waals surface area (Å²) >= 11 is 12.0. The number of thiocarbonyl (C=S) groups is 1. The SMILES string of the molecule is Cc1cc([C@H]2[C@H](c3ccccn3)NC(=S)N2CCC(=O)Nc2ccccc2F)c(C)n1-c1cc(Cl)ccc1O. The summed E-state index contributed by atoms with van der Waals surface area (Å²) in [4.78, 5) is 19.3. The molecule has 2 atom stereocenters. The Morgan fingerprint density at radius 2 is 1.92 bits per heavy atom. The van der Waals surface area contributed by atoms with E-state index in [1.54, 1.807) is 36.5 Å². The van der Waals surface area contributed by atoms with Crippen LogP contribution in [0.2, 0.25) is 5.02 Å². The number of phenolic OH excluding ortho intramolecular Hbond substituents is 1. The smallest absolute Gasteiger partial charge is 0.226 e. The van der Waals surface area contributed by atoms with Crippen molar-refractivity contribution in [3.63, 3.8) is 0 Å². The van der Waals surface area contributed by atoms with E-state index in [0.29, 0.717) is 22.4 Å². The second-order valence-corrected chi connectivity index (χ2v) is 10.2. The lowest BCUT2D eigenvalue weighted by Crippen LogP contribution is -2.33. The number of hydrogen-bond acceptors (Lipinski definition) is 4. The van der Waals surface area contributed by atoms with Gasteiger partial charge in [-0.25, -0.2) is 4.39 Å². The van der Waals surface area contributed by atoms with Crippen LogP contribution in [-0.4, -0.2) is 37.1 Å². The number of halogens is 2. The molecule has 1 fully saturated rings. The lowest BCUT2D eigenvalue weighted by Gasteiger charge is -2.28. The van der Waals surface area contributed by atoms with Gasteiger partial charge in [0.25, 0.3) is 0 Å². The van der Waals surface area contributed by atoms with E-state index in [1.165, 1.54) is 12.1 Å². The van der Waals surface area contributed by atoms with E-state index in [2.05, 4.69) is 21.7 Å². The molecule has 5 rings (SSSR count). The number of anilines is 1. The first kappa shape index (κ1) is 26.6. The molecule has 4 aromatic rings. The first-order valence-electron chi connectivity index (χ1n) is 12.4. The molecule has 3 heterocycles. The number of amides is 1. The van der Waals surface area contributed by atoms with Crippen molar-refractivity contribution in [2.75, 3.05) is 11.9 Å². The number of carbonyl (C=O) groups excluding carboxylic acids is 1. The number of phenols is 1. The molecule has 0 unspecified atom stereocenters. The quantitative estimate of drug-likeness (QED) is 0.240. The zero-order chi connectivity index (χ0) is 27.7. The van der Waals surface area contributed by atoms with Crippen molar-refractivity contribution in [2.45, 2.75) is 32.4 Å². The highest BCUT2D eigenvalue weighted by atomic mass is 35.5. The summed E-state index contributed by atoms with van der Waals surface area (Å²) in [5.41, 5.74) is 4.26. The maximum atomic E-state index is 14.1. The Bertz CT molecular complexity index is 1540. The second-order valence-electron chi connectivity index (χ2n) is 9.39. The predicted molar refractivity (Wildman–Crippen MR) is 154 cm³/mol. The van der Waals surface area contributed by atoms with Crippen LogP contribution in [0.5, 0.6) is 5.75 Å². The Balaban J connectivity index is 1.50. The molecule has 0 aliphatic carbocycles. The minimum atomic E-state index is -0.492. The fourth-order valence-electron chi connectivity index (χ4n) is 5.12. The number of benzene rings is 2. The van der Waals surface area contributed by atoms with Crippen LogP contribution in [0.25, 0.3) is 5.69 Å². The van der Waals surface area contributed by atoms with E-state index < -0.39 is 5.82 Å². The van der Waals surface area contributed by atoms with Crippen LogP contribution in [0, 0.1) is 19.7 Å². The van der Waals surface area contributed by atoms with Gasteiger partial charge < -0.3 is 25.2 Å². The summed E-state index contributed by atoms with van der Waals surface area (Å²) in [6.07, 6.45) is 1.82. The summed E-state index contributed by atoms with van der Waals surface area (Å²) < 4.78 is 16.0. The van der Waals surface area contributed by atoms with Crippen LogP contribution in [0.4, 0.5) is 10.1 Å². The van der Waals surface area contributed by atoms with Crippen LogP contribution in [0.15, 0.2) is 72.9 Å². The van der Waals surface area contributed by atoms with Crippen LogP contribution in [-0.2, 0) is 4.79 Å². The number of aromatic nitrogens is 2. The van der Waals surface area contributed by atoms with Crippen molar-refractivity contribution in [1.82, 2.24) is 19.8 Å². The van der Waals surface area contributed by atoms with E-state index in [4.69, 9.17) is 23.8 Å². The van der Waals surface area contributed by atoms with Crippen molar-refractivity contribution in [1.29, 1.82) is 0 Å². The largest absolute Gasteiger partial charge is 0.506 e. The van der Waals surface area contributed by atoms with E-state index in [9.17, 15) is 14.3 Å². The number of carbonyl (C=O) groups is 1. The average Bonchev–Trinajstić information content (AvgIpc) is 3.40. The van der Waals surface area contributed by atoms with Gasteiger partial charge in [-0.15, -0.1) is 0 Å². The molecule has 1 saturated heterocycles. The van der Waals surface area contributed by atoms with Gasteiger partial charge in [-0.2, -0.15) is 0 Å². The molecule has 0 saturated carbocycles. The van der Waals surface area contributed by atoms with Gasteiger partial charge in [-0.05, 0) is 80.2 Å². The number of nitrogens with zero attached hydrogens (tertiary/aromatic N) is 3. The standard InChI is InChI=1S/C29H27ClFN5O2S/c1-17-15-20(18(2)36(17)24-16-19(30)10-11-25(24)37)28-27(23-9-5-6-13-32-23)34-29(39)35(28)14-12-26(38)33-22-8-4-3-7-21(22)31/h3-11,13,15-16,27-28,37H,12,14H2,1-2H3,(H,33,38)(H,34,39)/t27-,28-/m0/s1. The first-order valence-corrected chi connectivity index (χ1v) is 13.2. The van der Waals surface area contributed by atoms with Crippen molar-refractivity contribution in [2.24, 2.45) is 0 Å². The Kier molecular flexibility index (Phi) is 7.54. The molecule has 0 spiro atoms. The number of para-hydroxylation sites is 1.